The first-order valence-corrected chi connectivity index (χ1v) is 15.9. The summed E-state index contributed by atoms with van der Waals surface area (Å²) in [6.45, 7) is 0. The Morgan fingerprint density at radius 3 is 1.75 bits per heavy atom. The van der Waals surface area contributed by atoms with Gasteiger partial charge in [0.15, 0.2) is 17.5 Å². The Balaban J connectivity index is 1.18. The lowest BCUT2D eigenvalue weighted by atomic mass is 9.94. The summed E-state index contributed by atoms with van der Waals surface area (Å²) >= 11 is 0. The second-order valence-corrected chi connectivity index (χ2v) is 12.0. The van der Waals surface area contributed by atoms with Crippen LogP contribution in [0, 0.1) is 0 Å². The third-order valence-corrected chi connectivity index (χ3v) is 9.15. The van der Waals surface area contributed by atoms with Gasteiger partial charge in [0.05, 0.1) is 0 Å². The van der Waals surface area contributed by atoms with E-state index in [0.29, 0.717) is 17.5 Å². The van der Waals surface area contributed by atoms with E-state index in [1.807, 2.05) is 72.8 Å². The topological polar surface area (TPSA) is 65.0 Å². The van der Waals surface area contributed by atoms with Crippen molar-refractivity contribution >= 4 is 54.6 Å². The van der Waals surface area contributed by atoms with Crippen LogP contribution in [0.25, 0.3) is 99.9 Å². The van der Waals surface area contributed by atoms with Gasteiger partial charge in [0.2, 0.25) is 0 Å². The van der Waals surface area contributed by atoms with Crippen LogP contribution < -0.4 is 0 Å². The summed E-state index contributed by atoms with van der Waals surface area (Å²) in [7, 11) is 0. The molecule has 3 aromatic heterocycles. The predicted octanol–water partition coefficient (Wildman–Crippen LogP) is 11.5. The summed E-state index contributed by atoms with van der Waals surface area (Å²) in [6.07, 6.45) is 0. The van der Waals surface area contributed by atoms with E-state index >= 15 is 0 Å². The highest BCUT2D eigenvalue weighted by molar-refractivity contribution is 6.16. The first kappa shape index (κ1) is 26.6. The zero-order valence-corrected chi connectivity index (χ0v) is 25.6. The minimum atomic E-state index is 0.570. The lowest BCUT2D eigenvalue weighted by Gasteiger charge is -2.09. The molecule has 0 aliphatic heterocycles. The van der Waals surface area contributed by atoms with Crippen molar-refractivity contribution in [3.05, 3.63) is 152 Å². The molecule has 0 spiro atoms. The molecule has 224 valence electrons. The maximum atomic E-state index is 6.53. The maximum absolute atomic E-state index is 6.53. The summed E-state index contributed by atoms with van der Waals surface area (Å²) in [4.78, 5) is 15.1. The van der Waals surface area contributed by atoms with Crippen LogP contribution in [0.15, 0.2) is 160 Å². The molecule has 0 fully saturated rings. The van der Waals surface area contributed by atoms with Gasteiger partial charge < -0.3 is 8.83 Å². The Morgan fingerprint density at radius 1 is 0.333 bits per heavy atom. The molecular formula is C43H25N3O2. The molecule has 3 heterocycles. The smallest absolute Gasteiger partial charge is 0.164 e. The van der Waals surface area contributed by atoms with Crippen molar-refractivity contribution in [2.45, 2.75) is 0 Å². The molecular weight excluding hydrogens is 590 g/mol. The van der Waals surface area contributed by atoms with E-state index in [1.54, 1.807) is 0 Å². The standard InChI is InChI=1S/C43H25N3O2/c1-2-12-27(13-3-1)41-44-42(46-43(45-41)34-19-10-22-37-40(34)32-16-6-7-20-35(32)47-37)28-23-24-33-38(25-28)48-36-21-9-18-31(39(33)36)30-17-8-14-26-11-4-5-15-29(26)30/h1-25H. The number of rotatable bonds is 4. The minimum absolute atomic E-state index is 0.570. The molecule has 0 N–H and O–H groups in total. The molecule has 0 atom stereocenters. The SMILES string of the molecule is c1ccc(-c2nc(-c3ccc4c(c3)oc3cccc(-c5cccc6ccccc56)c34)nc(-c3cccc4oc5ccccc5c34)n2)cc1. The van der Waals surface area contributed by atoms with E-state index < -0.39 is 0 Å². The van der Waals surface area contributed by atoms with Crippen molar-refractivity contribution in [2.24, 2.45) is 0 Å². The number of aromatic nitrogens is 3. The van der Waals surface area contributed by atoms with E-state index in [-0.39, 0.29) is 0 Å². The molecule has 5 heteroatoms. The van der Waals surface area contributed by atoms with Crippen LogP contribution in [0.4, 0.5) is 0 Å². The molecule has 0 unspecified atom stereocenters. The van der Waals surface area contributed by atoms with E-state index in [1.165, 1.54) is 16.3 Å². The van der Waals surface area contributed by atoms with E-state index in [4.69, 9.17) is 23.8 Å². The summed E-state index contributed by atoms with van der Waals surface area (Å²) in [5.41, 5.74) is 8.22. The Morgan fingerprint density at radius 2 is 0.896 bits per heavy atom. The summed E-state index contributed by atoms with van der Waals surface area (Å²) in [6, 6.07) is 51.6. The number of fused-ring (bicyclic) bond motifs is 7. The molecule has 48 heavy (non-hydrogen) atoms. The highest BCUT2D eigenvalue weighted by atomic mass is 16.3. The van der Waals surface area contributed by atoms with Crippen molar-refractivity contribution in [1.82, 2.24) is 15.0 Å². The predicted molar refractivity (Wildman–Crippen MR) is 194 cm³/mol. The fourth-order valence-electron chi connectivity index (χ4n) is 6.95. The van der Waals surface area contributed by atoms with Crippen molar-refractivity contribution in [3.8, 4) is 45.3 Å². The summed E-state index contributed by atoms with van der Waals surface area (Å²) < 4.78 is 12.7. The molecule has 10 rings (SSSR count). The van der Waals surface area contributed by atoms with Crippen LogP contribution in [-0.2, 0) is 0 Å². The van der Waals surface area contributed by atoms with Gasteiger partial charge in [-0.1, -0.05) is 121 Å². The first-order chi connectivity index (χ1) is 23.8. The second-order valence-electron chi connectivity index (χ2n) is 12.0. The largest absolute Gasteiger partial charge is 0.456 e. The fraction of sp³-hybridized carbons (Fsp3) is 0. The van der Waals surface area contributed by atoms with E-state index in [0.717, 1.165) is 66.1 Å². The van der Waals surface area contributed by atoms with Gasteiger partial charge in [0, 0.05) is 38.2 Å². The van der Waals surface area contributed by atoms with Crippen LogP contribution in [0.2, 0.25) is 0 Å². The number of hydrogen-bond acceptors (Lipinski definition) is 5. The molecule has 0 amide bonds. The number of nitrogens with zero attached hydrogens (tertiary/aromatic N) is 3. The molecule has 0 aliphatic rings. The monoisotopic (exact) mass is 615 g/mol. The van der Waals surface area contributed by atoms with Crippen molar-refractivity contribution in [3.63, 3.8) is 0 Å². The first-order valence-electron chi connectivity index (χ1n) is 15.9. The molecule has 0 saturated carbocycles. The molecule has 0 saturated heterocycles. The van der Waals surface area contributed by atoms with Gasteiger partial charge in [-0.3, -0.25) is 0 Å². The van der Waals surface area contributed by atoms with Crippen LogP contribution in [0.1, 0.15) is 0 Å². The summed E-state index contributed by atoms with van der Waals surface area (Å²) in [5.74, 6) is 1.75. The van der Waals surface area contributed by atoms with Crippen molar-refractivity contribution < 1.29 is 8.83 Å². The van der Waals surface area contributed by atoms with Crippen molar-refractivity contribution in [1.29, 1.82) is 0 Å². The van der Waals surface area contributed by atoms with Crippen LogP contribution >= 0.6 is 0 Å². The zero-order chi connectivity index (χ0) is 31.6. The third-order valence-electron chi connectivity index (χ3n) is 9.15. The fourth-order valence-corrected chi connectivity index (χ4v) is 6.95. The lowest BCUT2D eigenvalue weighted by molar-refractivity contribution is 0.668. The van der Waals surface area contributed by atoms with Crippen LogP contribution in [0.5, 0.6) is 0 Å². The van der Waals surface area contributed by atoms with Gasteiger partial charge in [-0.15, -0.1) is 0 Å². The molecule has 5 nitrogen and oxygen atoms in total. The molecule has 7 aromatic carbocycles. The Bertz CT molecular complexity index is 2840. The quantitative estimate of drug-likeness (QED) is 0.197. The minimum Gasteiger partial charge on any atom is -0.456 e. The van der Waals surface area contributed by atoms with Crippen LogP contribution in [0.3, 0.4) is 0 Å². The van der Waals surface area contributed by atoms with Crippen LogP contribution in [-0.4, -0.2) is 15.0 Å². The highest BCUT2D eigenvalue weighted by Gasteiger charge is 2.19. The second kappa shape index (κ2) is 10.5. The van der Waals surface area contributed by atoms with Gasteiger partial charge in [0.1, 0.15) is 22.3 Å². The molecule has 0 radical (unpaired) electrons. The number of hydrogen-bond donors (Lipinski definition) is 0. The maximum Gasteiger partial charge on any atom is 0.164 e. The van der Waals surface area contributed by atoms with E-state index in [9.17, 15) is 0 Å². The lowest BCUT2D eigenvalue weighted by Crippen LogP contribution is -2.00. The van der Waals surface area contributed by atoms with Gasteiger partial charge in [0.25, 0.3) is 0 Å². The van der Waals surface area contributed by atoms with Gasteiger partial charge >= 0.3 is 0 Å². The average Bonchev–Trinajstić information content (AvgIpc) is 3.73. The highest BCUT2D eigenvalue weighted by Crippen LogP contribution is 2.41. The zero-order valence-electron chi connectivity index (χ0n) is 25.6. The van der Waals surface area contributed by atoms with Crippen molar-refractivity contribution in [2.75, 3.05) is 0 Å². The number of benzene rings is 7. The Hall–Kier alpha value is -6.59. The Labute approximate surface area is 274 Å². The number of furan rings is 2. The number of para-hydroxylation sites is 1. The van der Waals surface area contributed by atoms with Gasteiger partial charge in [-0.05, 0) is 52.2 Å². The molecule has 10 aromatic rings. The normalized spacial score (nSPS) is 11.8. The molecule has 0 bridgehead atoms. The Kier molecular flexibility index (Phi) is 5.81. The van der Waals surface area contributed by atoms with Gasteiger partial charge in [-0.25, -0.2) is 15.0 Å². The van der Waals surface area contributed by atoms with E-state index in [2.05, 4.69) is 78.9 Å². The molecule has 0 aliphatic carbocycles. The summed E-state index contributed by atoms with van der Waals surface area (Å²) in [5, 5.41) is 6.57. The van der Waals surface area contributed by atoms with Gasteiger partial charge in [-0.2, -0.15) is 0 Å². The average molecular weight is 616 g/mol. The third kappa shape index (κ3) is 4.15.